The third kappa shape index (κ3) is 4.41. The number of carbonyl (C=O) groups excluding carboxylic acids is 1. The van der Waals surface area contributed by atoms with Gasteiger partial charge in [0.05, 0.1) is 0 Å². The molecular formula is C20H28N3O2-. The van der Waals surface area contributed by atoms with E-state index in [1.165, 1.54) is 19.9 Å². The first kappa shape index (κ1) is 18.0. The number of anilines is 1. The van der Waals surface area contributed by atoms with Crippen LogP contribution in [-0.4, -0.2) is 42.5 Å². The summed E-state index contributed by atoms with van der Waals surface area (Å²) in [6.07, 6.45) is 7.62. The normalized spacial score (nSPS) is 24.8. The van der Waals surface area contributed by atoms with Crippen LogP contribution in [0.1, 0.15) is 37.7 Å². The fourth-order valence-electron chi connectivity index (χ4n) is 4.14. The summed E-state index contributed by atoms with van der Waals surface area (Å²) in [6.45, 7) is 4.46. The van der Waals surface area contributed by atoms with E-state index >= 15 is 0 Å². The summed E-state index contributed by atoms with van der Waals surface area (Å²) in [6, 6.07) is 8.94. The van der Waals surface area contributed by atoms with Crippen molar-refractivity contribution in [1.82, 2.24) is 10.2 Å². The summed E-state index contributed by atoms with van der Waals surface area (Å²) in [7, 11) is 1.48. The van der Waals surface area contributed by atoms with Gasteiger partial charge in [-0.25, -0.2) is 0 Å². The molecule has 0 saturated carbocycles. The van der Waals surface area contributed by atoms with Crippen molar-refractivity contribution in [3.63, 3.8) is 0 Å². The Bertz CT molecular complexity index is 587. The molecule has 1 N–H and O–H groups in total. The van der Waals surface area contributed by atoms with E-state index in [0.29, 0.717) is 43.2 Å². The summed E-state index contributed by atoms with van der Waals surface area (Å²) in [5, 5.41) is 15.7. The van der Waals surface area contributed by atoms with Crippen LogP contribution in [0.2, 0.25) is 0 Å². The molecule has 5 heteroatoms. The summed E-state index contributed by atoms with van der Waals surface area (Å²) in [4.78, 5) is 14.8. The monoisotopic (exact) mass is 342 g/mol. The van der Waals surface area contributed by atoms with E-state index in [2.05, 4.69) is 11.9 Å². The van der Waals surface area contributed by atoms with Crippen molar-refractivity contribution in [2.45, 2.75) is 56.7 Å². The Labute approximate surface area is 150 Å². The van der Waals surface area contributed by atoms with Gasteiger partial charge in [0.25, 0.3) is 0 Å². The maximum absolute atomic E-state index is 12.8. The Kier molecular flexibility index (Phi) is 5.76. The first-order valence-corrected chi connectivity index (χ1v) is 9.23. The van der Waals surface area contributed by atoms with Gasteiger partial charge >= 0.3 is 0 Å². The number of rotatable bonds is 7. The zero-order valence-corrected chi connectivity index (χ0v) is 15.0. The van der Waals surface area contributed by atoms with Gasteiger partial charge in [0, 0.05) is 36.8 Å². The number of piperidine rings is 1. The van der Waals surface area contributed by atoms with Gasteiger partial charge in [-0.1, -0.05) is 18.2 Å². The molecule has 2 aliphatic rings. The molecule has 2 heterocycles. The molecule has 0 radical (unpaired) electrons. The highest BCUT2D eigenvalue weighted by molar-refractivity contribution is 5.77. The van der Waals surface area contributed by atoms with E-state index < -0.39 is 0 Å². The Morgan fingerprint density at radius 2 is 1.92 bits per heavy atom. The van der Waals surface area contributed by atoms with E-state index in [-0.39, 0.29) is 5.91 Å². The molecule has 3 atom stereocenters. The average Bonchev–Trinajstić information content (AvgIpc) is 2.95. The number of nitrogens with one attached hydrogen (secondary N) is 1. The summed E-state index contributed by atoms with van der Waals surface area (Å²) in [5.74, 6) is 0.205. The predicted octanol–water partition coefficient (Wildman–Crippen LogP) is 2.85. The molecule has 0 spiro atoms. The lowest BCUT2D eigenvalue weighted by atomic mass is 9.97. The highest BCUT2D eigenvalue weighted by atomic mass is 16.5. The molecule has 2 aliphatic heterocycles. The highest BCUT2D eigenvalue weighted by Gasteiger charge is 2.37. The maximum atomic E-state index is 12.8. The van der Waals surface area contributed by atoms with Gasteiger partial charge in [-0.15, -0.1) is 6.58 Å². The molecule has 2 fully saturated rings. The maximum Gasteiger partial charge on any atom is 0.223 e. The molecule has 0 aliphatic carbocycles. The molecule has 1 aromatic carbocycles. The van der Waals surface area contributed by atoms with Crippen molar-refractivity contribution in [3.05, 3.63) is 47.7 Å². The molecule has 1 amide bonds. The third-order valence-corrected chi connectivity index (χ3v) is 5.46. The Balaban J connectivity index is 1.58. The number of benzene rings is 1. The topological polar surface area (TPSA) is 58.6 Å². The van der Waals surface area contributed by atoms with E-state index in [9.17, 15) is 10.0 Å². The Morgan fingerprint density at radius 1 is 1.28 bits per heavy atom. The molecule has 2 saturated heterocycles. The van der Waals surface area contributed by atoms with Crippen LogP contribution in [0, 0.1) is 5.21 Å². The number of hydroxylamine groups is 1. The number of aryl methyl sites for hydroxylation is 1. The minimum absolute atomic E-state index is 0.205. The van der Waals surface area contributed by atoms with Crippen LogP contribution in [0.4, 0.5) is 5.69 Å². The second kappa shape index (κ2) is 8.02. The molecule has 2 bridgehead atoms. The quantitative estimate of drug-likeness (QED) is 0.611. The lowest BCUT2D eigenvalue weighted by molar-refractivity contribution is -0.133. The van der Waals surface area contributed by atoms with Gasteiger partial charge in [-0.3, -0.25) is 4.79 Å². The number of carbonyl (C=O) groups is 1. The Morgan fingerprint density at radius 3 is 2.48 bits per heavy atom. The number of amides is 1. The molecule has 5 nitrogen and oxygen atoms in total. The third-order valence-electron chi connectivity index (χ3n) is 5.46. The van der Waals surface area contributed by atoms with Gasteiger partial charge in [-0.2, -0.15) is 0 Å². The zero-order valence-electron chi connectivity index (χ0n) is 15.0. The van der Waals surface area contributed by atoms with Crippen molar-refractivity contribution in [1.29, 1.82) is 0 Å². The SMILES string of the molecule is C=CCN(C(=O)CCc1ccc(N(C)[O-])cc1)C1C[C@H]2CC[C@@H](C1)N2. The summed E-state index contributed by atoms with van der Waals surface area (Å²) >= 11 is 0. The fourth-order valence-corrected chi connectivity index (χ4v) is 4.14. The Hall–Kier alpha value is -1.85. The summed E-state index contributed by atoms with van der Waals surface area (Å²) < 4.78 is 0. The van der Waals surface area contributed by atoms with E-state index in [1.54, 1.807) is 12.1 Å². The molecule has 1 aromatic rings. The fraction of sp³-hybridized carbons (Fsp3) is 0.550. The van der Waals surface area contributed by atoms with Crippen molar-refractivity contribution >= 4 is 11.6 Å². The molecule has 0 aromatic heterocycles. The van der Waals surface area contributed by atoms with E-state index in [0.717, 1.165) is 23.5 Å². The standard InChI is InChI=1S/C20H28N3O2/c1-3-12-23(19-13-16-7-8-17(14-19)21-16)20(24)11-6-15-4-9-18(10-5-15)22(2)25/h3-5,9-10,16-17,19,21H,1,6-8,11-14H2,2H3/q-1/t16-,17+,19?. The van der Waals surface area contributed by atoms with Gasteiger partial charge in [-0.05, 0) is 56.8 Å². The zero-order chi connectivity index (χ0) is 17.8. The average molecular weight is 342 g/mol. The van der Waals surface area contributed by atoms with Crippen molar-refractivity contribution in [2.75, 3.05) is 18.7 Å². The van der Waals surface area contributed by atoms with E-state index in [4.69, 9.17) is 0 Å². The first-order chi connectivity index (χ1) is 12.1. The molecular weight excluding hydrogens is 314 g/mol. The largest absolute Gasteiger partial charge is 0.758 e. The second-order valence-electron chi connectivity index (χ2n) is 7.26. The number of hydrogen-bond donors (Lipinski definition) is 1. The number of nitrogens with zero attached hydrogens (tertiary/aromatic N) is 2. The number of hydrogen-bond acceptors (Lipinski definition) is 4. The first-order valence-electron chi connectivity index (χ1n) is 9.23. The smallest absolute Gasteiger partial charge is 0.223 e. The van der Waals surface area contributed by atoms with Crippen LogP contribution in [0.3, 0.4) is 0 Å². The predicted molar refractivity (Wildman–Crippen MR) is 101 cm³/mol. The summed E-state index contributed by atoms with van der Waals surface area (Å²) in [5.41, 5.74) is 1.72. The molecule has 25 heavy (non-hydrogen) atoms. The van der Waals surface area contributed by atoms with Gasteiger partial charge in [0.15, 0.2) is 0 Å². The second-order valence-corrected chi connectivity index (χ2v) is 7.26. The van der Waals surface area contributed by atoms with Gasteiger partial charge in [0.1, 0.15) is 0 Å². The van der Waals surface area contributed by atoms with Crippen LogP contribution < -0.4 is 10.4 Å². The van der Waals surface area contributed by atoms with Crippen LogP contribution in [-0.2, 0) is 11.2 Å². The van der Waals surface area contributed by atoms with Crippen LogP contribution in [0.5, 0.6) is 0 Å². The van der Waals surface area contributed by atoms with Crippen LogP contribution in [0.25, 0.3) is 0 Å². The van der Waals surface area contributed by atoms with Crippen molar-refractivity contribution in [3.8, 4) is 0 Å². The lowest BCUT2D eigenvalue weighted by Crippen LogP contribution is -2.50. The van der Waals surface area contributed by atoms with Crippen LogP contribution >= 0.6 is 0 Å². The number of fused-ring (bicyclic) bond motifs is 2. The highest BCUT2D eigenvalue weighted by Crippen LogP contribution is 2.30. The minimum atomic E-state index is 0.205. The minimum Gasteiger partial charge on any atom is -0.758 e. The molecule has 1 unspecified atom stereocenters. The van der Waals surface area contributed by atoms with Gasteiger partial charge in [0.2, 0.25) is 5.91 Å². The van der Waals surface area contributed by atoms with Gasteiger partial charge < -0.3 is 20.5 Å². The molecule has 3 rings (SSSR count). The lowest BCUT2D eigenvalue weighted by Gasteiger charge is -2.37. The van der Waals surface area contributed by atoms with Crippen molar-refractivity contribution in [2.24, 2.45) is 0 Å². The van der Waals surface area contributed by atoms with Crippen LogP contribution in [0.15, 0.2) is 36.9 Å². The van der Waals surface area contributed by atoms with E-state index in [1.807, 2.05) is 23.1 Å². The van der Waals surface area contributed by atoms with Crippen molar-refractivity contribution < 1.29 is 4.79 Å². The molecule has 136 valence electrons.